The highest BCUT2D eigenvalue weighted by Crippen LogP contribution is 2.25. The second-order valence-electron chi connectivity index (χ2n) is 7.03. The number of Topliss-reactive ketones (excluding diaryl/α,β-unsaturated/α-hetero) is 1. The number of aromatic nitrogens is 1. The van der Waals surface area contributed by atoms with Gasteiger partial charge in [0.05, 0.1) is 13.2 Å². The van der Waals surface area contributed by atoms with Gasteiger partial charge >= 0.3 is 5.97 Å². The van der Waals surface area contributed by atoms with E-state index in [1.165, 1.54) is 24.1 Å². The molecule has 2 aromatic rings. The van der Waals surface area contributed by atoms with Crippen molar-refractivity contribution < 1.29 is 23.5 Å². The van der Waals surface area contributed by atoms with Crippen LogP contribution in [0.25, 0.3) is 0 Å². The molecule has 1 amide bonds. The molecule has 0 aliphatic heterocycles. The molecule has 156 valence electrons. The van der Waals surface area contributed by atoms with E-state index in [2.05, 4.69) is 0 Å². The van der Waals surface area contributed by atoms with Crippen molar-refractivity contribution in [2.24, 2.45) is 7.05 Å². The number of carbonyl (C=O) groups excluding carboxylic acids is 3. The van der Waals surface area contributed by atoms with Gasteiger partial charge in [0.25, 0.3) is 0 Å². The van der Waals surface area contributed by atoms with Crippen molar-refractivity contribution in [3.63, 3.8) is 0 Å². The van der Waals surface area contributed by atoms with E-state index in [0.717, 1.165) is 5.56 Å². The molecule has 1 aromatic heterocycles. The quantitative estimate of drug-likeness (QED) is 0.524. The Labute approximate surface area is 170 Å². The Kier molecular flexibility index (Phi) is 6.95. The van der Waals surface area contributed by atoms with Gasteiger partial charge in [0.2, 0.25) is 5.91 Å². The van der Waals surface area contributed by atoms with Gasteiger partial charge in [-0.2, -0.15) is 0 Å². The Bertz CT molecular complexity index is 931. The minimum Gasteiger partial charge on any atom is -0.464 e. The van der Waals surface area contributed by atoms with Gasteiger partial charge in [-0.15, -0.1) is 0 Å². The fourth-order valence-electron chi connectivity index (χ4n) is 3.51. The molecule has 0 saturated carbocycles. The fraction of sp³-hybridized carbons (Fsp3) is 0.409. The topological polar surface area (TPSA) is 68.6 Å². The maximum atomic E-state index is 13.3. The molecule has 0 aliphatic rings. The van der Waals surface area contributed by atoms with Crippen molar-refractivity contribution in [1.29, 1.82) is 0 Å². The van der Waals surface area contributed by atoms with E-state index in [4.69, 9.17) is 4.74 Å². The molecule has 0 N–H and O–H groups in total. The zero-order valence-corrected chi connectivity index (χ0v) is 17.7. The summed E-state index contributed by atoms with van der Waals surface area (Å²) < 4.78 is 19.7. The second-order valence-corrected chi connectivity index (χ2v) is 7.03. The molecule has 0 unspecified atom stereocenters. The Morgan fingerprint density at radius 2 is 1.76 bits per heavy atom. The number of hydrogen-bond donors (Lipinski definition) is 0. The largest absolute Gasteiger partial charge is 0.464 e. The molecule has 0 bridgehead atoms. The average Bonchev–Trinajstić information content (AvgIpc) is 2.93. The number of methoxy groups -OCH3 is 1. The van der Waals surface area contributed by atoms with Crippen LogP contribution in [0.4, 0.5) is 4.39 Å². The molecule has 1 atom stereocenters. The van der Waals surface area contributed by atoms with Crippen LogP contribution in [0.15, 0.2) is 24.3 Å². The van der Waals surface area contributed by atoms with Gasteiger partial charge in [-0.25, -0.2) is 9.18 Å². The van der Waals surface area contributed by atoms with Gasteiger partial charge in [0, 0.05) is 31.3 Å². The van der Waals surface area contributed by atoms with Crippen molar-refractivity contribution in [3.8, 4) is 0 Å². The Morgan fingerprint density at radius 1 is 1.17 bits per heavy atom. The summed E-state index contributed by atoms with van der Waals surface area (Å²) in [5, 5.41) is 0. The number of rotatable bonds is 7. The van der Waals surface area contributed by atoms with Crippen molar-refractivity contribution in [3.05, 3.63) is 58.2 Å². The lowest BCUT2D eigenvalue weighted by Gasteiger charge is -2.28. The molecule has 0 radical (unpaired) electrons. The SMILES string of the molecule is CCC(=O)N(Cc1ccc(F)cc1)[C@@H](C)C(=O)c1c(C)c(C(=O)OC)n(C)c1C. The molecular formula is C22H27FN2O4. The molecule has 0 spiro atoms. The predicted molar refractivity (Wildman–Crippen MR) is 107 cm³/mol. The van der Waals surface area contributed by atoms with Crippen molar-refractivity contribution in [2.75, 3.05) is 7.11 Å². The first-order valence-corrected chi connectivity index (χ1v) is 9.46. The van der Waals surface area contributed by atoms with Crippen LogP contribution < -0.4 is 0 Å². The molecule has 29 heavy (non-hydrogen) atoms. The van der Waals surface area contributed by atoms with Crippen LogP contribution in [-0.4, -0.2) is 40.3 Å². The van der Waals surface area contributed by atoms with E-state index in [-0.39, 0.29) is 30.5 Å². The smallest absolute Gasteiger partial charge is 0.354 e. The average molecular weight is 402 g/mol. The molecule has 1 aromatic carbocycles. The van der Waals surface area contributed by atoms with Crippen molar-refractivity contribution in [2.45, 2.75) is 46.7 Å². The van der Waals surface area contributed by atoms with Gasteiger partial charge in [-0.1, -0.05) is 19.1 Å². The standard InChI is InChI=1S/C22H27FN2O4/c1-7-18(26)25(12-16-8-10-17(23)11-9-16)15(4)21(27)19-13(2)20(22(28)29-6)24(5)14(19)3/h8-11,15H,7,12H2,1-6H3/t15-/m0/s1. The van der Waals surface area contributed by atoms with E-state index in [0.29, 0.717) is 22.5 Å². The van der Waals surface area contributed by atoms with Crippen molar-refractivity contribution >= 4 is 17.7 Å². The summed E-state index contributed by atoms with van der Waals surface area (Å²) in [5.41, 5.74) is 2.61. The van der Waals surface area contributed by atoms with Crippen LogP contribution in [0.5, 0.6) is 0 Å². The van der Waals surface area contributed by atoms with Crippen LogP contribution in [0.2, 0.25) is 0 Å². The van der Waals surface area contributed by atoms with Crippen LogP contribution >= 0.6 is 0 Å². The lowest BCUT2D eigenvalue weighted by atomic mass is 9.99. The number of ether oxygens (including phenoxy) is 1. The summed E-state index contributed by atoms with van der Waals surface area (Å²) in [7, 11) is 2.99. The Balaban J connectivity index is 2.42. The third-order valence-corrected chi connectivity index (χ3v) is 5.29. The van der Waals surface area contributed by atoms with E-state index >= 15 is 0 Å². The summed E-state index contributed by atoms with van der Waals surface area (Å²) in [5.74, 6) is -1.33. The van der Waals surface area contributed by atoms with E-state index in [1.54, 1.807) is 51.4 Å². The maximum absolute atomic E-state index is 13.3. The summed E-state index contributed by atoms with van der Waals surface area (Å²) in [4.78, 5) is 39.5. The third-order valence-electron chi connectivity index (χ3n) is 5.29. The highest BCUT2D eigenvalue weighted by molar-refractivity contribution is 6.06. The van der Waals surface area contributed by atoms with Crippen molar-refractivity contribution in [1.82, 2.24) is 9.47 Å². The van der Waals surface area contributed by atoms with Gasteiger partial charge in [-0.3, -0.25) is 9.59 Å². The predicted octanol–water partition coefficient (Wildman–Crippen LogP) is 3.58. The summed E-state index contributed by atoms with van der Waals surface area (Å²) >= 11 is 0. The molecule has 7 heteroatoms. The first kappa shape index (κ1) is 22.3. The fourth-order valence-corrected chi connectivity index (χ4v) is 3.51. The van der Waals surface area contributed by atoms with Gasteiger partial charge < -0.3 is 14.2 Å². The number of esters is 1. The first-order chi connectivity index (χ1) is 13.6. The van der Waals surface area contributed by atoms with E-state index in [9.17, 15) is 18.8 Å². The Hall–Kier alpha value is -2.96. The first-order valence-electron chi connectivity index (χ1n) is 9.46. The zero-order chi connectivity index (χ0) is 21.9. The molecular weight excluding hydrogens is 375 g/mol. The molecule has 0 aliphatic carbocycles. The van der Waals surface area contributed by atoms with Crippen LogP contribution in [0.3, 0.4) is 0 Å². The van der Waals surface area contributed by atoms with Gasteiger partial charge in [-0.05, 0) is 44.0 Å². The van der Waals surface area contributed by atoms with E-state index < -0.39 is 12.0 Å². The second kappa shape index (κ2) is 9.03. The van der Waals surface area contributed by atoms with Crippen LogP contribution in [0, 0.1) is 19.7 Å². The van der Waals surface area contributed by atoms with E-state index in [1.807, 2.05) is 0 Å². The number of amides is 1. The minimum absolute atomic E-state index is 0.186. The lowest BCUT2D eigenvalue weighted by Crippen LogP contribution is -2.42. The monoisotopic (exact) mass is 402 g/mol. The number of nitrogens with zero attached hydrogens (tertiary/aromatic N) is 2. The third kappa shape index (κ3) is 4.39. The number of benzene rings is 1. The molecule has 1 heterocycles. The summed E-state index contributed by atoms with van der Waals surface area (Å²) in [6.45, 7) is 7.04. The number of carbonyl (C=O) groups is 3. The normalized spacial score (nSPS) is 11.8. The maximum Gasteiger partial charge on any atom is 0.354 e. The summed E-state index contributed by atoms with van der Waals surface area (Å²) in [6, 6.07) is 5.08. The van der Waals surface area contributed by atoms with Gasteiger partial charge in [0.1, 0.15) is 11.5 Å². The number of hydrogen-bond acceptors (Lipinski definition) is 4. The number of ketones is 1. The summed E-state index contributed by atoms with van der Waals surface area (Å²) in [6.07, 6.45) is 0.235. The van der Waals surface area contributed by atoms with Gasteiger partial charge in [0.15, 0.2) is 5.78 Å². The van der Waals surface area contributed by atoms with Crippen LogP contribution in [-0.2, 0) is 23.1 Å². The Morgan fingerprint density at radius 3 is 2.28 bits per heavy atom. The lowest BCUT2D eigenvalue weighted by molar-refractivity contribution is -0.132. The molecule has 6 nitrogen and oxygen atoms in total. The molecule has 0 saturated heterocycles. The van der Waals surface area contributed by atoms with Crippen LogP contribution in [0.1, 0.15) is 57.9 Å². The molecule has 0 fully saturated rings. The number of halogens is 1. The minimum atomic E-state index is -0.752. The highest BCUT2D eigenvalue weighted by Gasteiger charge is 2.32. The molecule has 2 rings (SSSR count). The highest BCUT2D eigenvalue weighted by atomic mass is 19.1. The zero-order valence-electron chi connectivity index (χ0n) is 17.7.